The summed E-state index contributed by atoms with van der Waals surface area (Å²) in [6.45, 7) is 5.64. The number of hydrogen-bond acceptors (Lipinski definition) is 3. The largest absolute Gasteiger partial charge is 0.444 e. The number of nitrogens with zero attached hydrogens (tertiary/aromatic N) is 1. The monoisotopic (exact) mass is 316 g/mol. The first-order valence-electron chi connectivity index (χ1n) is 6.21. The minimum Gasteiger partial charge on any atom is -0.444 e. The van der Waals surface area contributed by atoms with Crippen LogP contribution in [0, 0.1) is 12.7 Å². The summed E-state index contributed by atoms with van der Waals surface area (Å²) in [6, 6.07) is 2.46. The summed E-state index contributed by atoms with van der Waals surface area (Å²) >= 11 is 11.8. The molecule has 0 saturated heterocycles. The van der Waals surface area contributed by atoms with Crippen molar-refractivity contribution < 1.29 is 8.81 Å². The SMILES string of the molecule is Cc1cnc(C(C)NC(C)c2cc(F)c(Cl)cc2Cl)o1. The van der Waals surface area contributed by atoms with Crippen molar-refractivity contribution in [1.29, 1.82) is 0 Å². The number of rotatable bonds is 4. The van der Waals surface area contributed by atoms with Gasteiger partial charge in [-0.25, -0.2) is 9.37 Å². The topological polar surface area (TPSA) is 38.1 Å². The molecule has 0 spiro atoms. The quantitative estimate of drug-likeness (QED) is 0.820. The minimum absolute atomic E-state index is 0.0160. The van der Waals surface area contributed by atoms with Gasteiger partial charge in [-0.05, 0) is 38.5 Å². The summed E-state index contributed by atoms with van der Waals surface area (Å²) < 4.78 is 19.0. The van der Waals surface area contributed by atoms with Gasteiger partial charge < -0.3 is 4.42 Å². The highest BCUT2D eigenvalue weighted by atomic mass is 35.5. The predicted octanol–water partition coefficient (Wildman–Crippen LogP) is 4.84. The van der Waals surface area contributed by atoms with Gasteiger partial charge in [-0.2, -0.15) is 0 Å². The van der Waals surface area contributed by atoms with E-state index >= 15 is 0 Å². The molecule has 0 aliphatic rings. The number of nitrogens with one attached hydrogen (secondary N) is 1. The highest BCUT2D eigenvalue weighted by Crippen LogP contribution is 2.29. The molecular weight excluding hydrogens is 302 g/mol. The van der Waals surface area contributed by atoms with Crippen LogP contribution in [-0.4, -0.2) is 4.98 Å². The molecule has 3 nitrogen and oxygen atoms in total. The van der Waals surface area contributed by atoms with Crippen LogP contribution in [0.1, 0.15) is 43.1 Å². The Morgan fingerprint density at radius 2 is 1.90 bits per heavy atom. The molecule has 0 aliphatic heterocycles. The highest BCUT2D eigenvalue weighted by molar-refractivity contribution is 6.35. The molecule has 20 heavy (non-hydrogen) atoms. The van der Waals surface area contributed by atoms with E-state index in [2.05, 4.69) is 10.3 Å². The Balaban J connectivity index is 2.16. The second kappa shape index (κ2) is 6.12. The van der Waals surface area contributed by atoms with E-state index in [0.29, 0.717) is 16.5 Å². The summed E-state index contributed by atoms with van der Waals surface area (Å²) in [5.41, 5.74) is 0.642. The maximum atomic E-state index is 13.5. The molecule has 2 rings (SSSR count). The first-order valence-corrected chi connectivity index (χ1v) is 6.97. The first kappa shape index (κ1) is 15.3. The van der Waals surface area contributed by atoms with Crippen molar-refractivity contribution in [2.24, 2.45) is 0 Å². The third-order valence-electron chi connectivity index (χ3n) is 3.02. The maximum Gasteiger partial charge on any atom is 0.211 e. The summed E-state index contributed by atoms with van der Waals surface area (Å²) in [6.07, 6.45) is 1.66. The number of aromatic nitrogens is 1. The molecule has 0 aliphatic carbocycles. The van der Waals surface area contributed by atoms with Crippen LogP contribution in [0.4, 0.5) is 4.39 Å². The van der Waals surface area contributed by atoms with E-state index in [4.69, 9.17) is 27.6 Å². The molecule has 6 heteroatoms. The van der Waals surface area contributed by atoms with Crippen molar-refractivity contribution in [1.82, 2.24) is 10.3 Å². The number of oxazole rings is 1. The Labute approximate surface area is 127 Å². The van der Waals surface area contributed by atoms with Crippen molar-refractivity contribution in [2.45, 2.75) is 32.9 Å². The molecule has 2 unspecified atom stereocenters. The summed E-state index contributed by atoms with van der Waals surface area (Å²) in [7, 11) is 0. The van der Waals surface area contributed by atoms with Crippen LogP contribution in [0.3, 0.4) is 0 Å². The van der Waals surface area contributed by atoms with Crippen LogP contribution in [0.15, 0.2) is 22.7 Å². The van der Waals surface area contributed by atoms with E-state index in [-0.39, 0.29) is 17.1 Å². The Bertz CT molecular complexity index is 615. The molecule has 0 radical (unpaired) electrons. The van der Waals surface area contributed by atoms with E-state index in [0.717, 1.165) is 5.76 Å². The lowest BCUT2D eigenvalue weighted by atomic mass is 10.1. The zero-order valence-electron chi connectivity index (χ0n) is 11.4. The van der Waals surface area contributed by atoms with Crippen molar-refractivity contribution in [3.63, 3.8) is 0 Å². The molecule has 1 aromatic carbocycles. The van der Waals surface area contributed by atoms with Gasteiger partial charge in [0.15, 0.2) is 0 Å². The van der Waals surface area contributed by atoms with Gasteiger partial charge >= 0.3 is 0 Å². The van der Waals surface area contributed by atoms with Gasteiger partial charge in [0.05, 0.1) is 17.3 Å². The second-order valence-corrected chi connectivity index (χ2v) is 5.52. The van der Waals surface area contributed by atoms with Crippen molar-refractivity contribution >= 4 is 23.2 Å². The summed E-state index contributed by atoms with van der Waals surface area (Å²) in [5.74, 6) is 0.844. The molecular formula is C14H15Cl2FN2O. The third-order valence-corrected chi connectivity index (χ3v) is 3.63. The molecule has 0 bridgehead atoms. The van der Waals surface area contributed by atoms with E-state index < -0.39 is 5.82 Å². The van der Waals surface area contributed by atoms with E-state index in [9.17, 15) is 4.39 Å². The minimum atomic E-state index is -0.487. The van der Waals surface area contributed by atoms with Gasteiger partial charge in [-0.3, -0.25) is 5.32 Å². The van der Waals surface area contributed by atoms with Gasteiger partial charge in [-0.1, -0.05) is 23.2 Å². The zero-order valence-corrected chi connectivity index (χ0v) is 12.9. The second-order valence-electron chi connectivity index (χ2n) is 4.71. The molecule has 2 aromatic rings. The molecule has 1 heterocycles. The van der Waals surface area contributed by atoms with Gasteiger partial charge in [0.1, 0.15) is 11.6 Å². The molecule has 1 aromatic heterocycles. The van der Waals surface area contributed by atoms with E-state index in [1.807, 2.05) is 20.8 Å². The molecule has 0 amide bonds. The third kappa shape index (κ3) is 3.32. The number of aryl methyl sites for hydroxylation is 1. The lowest BCUT2D eigenvalue weighted by Gasteiger charge is -2.19. The average Bonchev–Trinajstić information content (AvgIpc) is 2.80. The van der Waals surface area contributed by atoms with Crippen molar-refractivity contribution in [2.75, 3.05) is 0 Å². The van der Waals surface area contributed by atoms with E-state index in [1.54, 1.807) is 6.20 Å². The van der Waals surface area contributed by atoms with Crippen LogP contribution < -0.4 is 5.32 Å². The first-order chi connectivity index (χ1) is 9.38. The number of halogens is 3. The van der Waals surface area contributed by atoms with Crippen LogP contribution >= 0.6 is 23.2 Å². The Morgan fingerprint density at radius 3 is 2.50 bits per heavy atom. The summed E-state index contributed by atoms with van der Waals surface area (Å²) in [5, 5.41) is 3.70. The Kier molecular flexibility index (Phi) is 4.68. The van der Waals surface area contributed by atoms with E-state index in [1.165, 1.54) is 12.1 Å². The van der Waals surface area contributed by atoms with Gasteiger partial charge in [-0.15, -0.1) is 0 Å². The Morgan fingerprint density at radius 1 is 1.20 bits per heavy atom. The predicted molar refractivity (Wildman–Crippen MR) is 77.6 cm³/mol. The molecule has 0 fully saturated rings. The number of benzene rings is 1. The maximum absolute atomic E-state index is 13.5. The molecule has 1 N–H and O–H groups in total. The smallest absolute Gasteiger partial charge is 0.211 e. The van der Waals surface area contributed by atoms with Gasteiger partial charge in [0.25, 0.3) is 0 Å². The van der Waals surface area contributed by atoms with Crippen LogP contribution in [0.5, 0.6) is 0 Å². The van der Waals surface area contributed by atoms with Crippen LogP contribution in [0.25, 0.3) is 0 Å². The van der Waals surface area contributed by atoms with Crippen molar-refractivity contribution in [3.05, 3.63) is 51.4 Å². The zero-order chi connectivity index (χ0) is 14.9. The lowest BCUT2D eigenvalue weighted by molar-refractivity contribution is 0.380. The molecule has 0 saturated carbocycles. The fourth-order valence-electron chi connectivity index (χ4n) is 1.98. The fraction of sp³-hybridized carbons (Fsp3) is 0.357. The Hall–Kier alpha value is -1.10. The van der Waals surface area contributed by atoms with Gasteiger partial charge in [0.2, 0.25) is 5.89 Å². The molecule has 2 atom stereocenters. The summed E-state index contributed by atoms with van der Waals surface area (Å²) in [4.78, 5) is 4.16. The van der Waals surface area contributed by atoms with Gasteiger partial charge in [0, 0.05) is 11.1 Å². The average molecular weight is 317 g/mol. The lowest BCUT2D eigenvalue weighted by Crippen LogP contribution is -2.23. The number of hydrogen-bond donors (Lipinski definition) is 1. The van der Waals surface area contributed by atoms with Crippen LogP contribution in [0.2, 0.25) is 10.0 Å². The molecule has 108 valence electrons. The standard InChI is InChI=1S/C14H15Cl2FN2O/c1-7-6-18-14(20-7)9(3)19-8(2)10-4-13(17)12(16)5-11(10)15/h4-6,8-9,19H,1-3H3. The van der Waals surface area contributed by atoms with Crippen LogP contribution in [-0.2, 0) is 0 Å². The normalized spacial score (nSPS) is 14.3. The fourth-order valence-corrected chi connectivity index (χ4v) is 2.53. The highest BCUT2D eigenvalue weighted by Gasteiger charge is 2.18. The van der Waals surface area contributed by atoms with Crippen molar-refractivity contribution in [3.8, 4) is 0 Å².